The number of esters is 3. The Bertz CT molecular complexity index is 1210. The molecular formula is C61H108O6. The quantitative estimate of drug-likeness (QED) is 0.0262. The maximum Gasteiger partial charge on any atom is 0.306 e. The number of ether oxygens (including phenoxy) is 3. The van der Waals surface area contributed by atoms with E-state index in [2.05, 4.69) is 81.5 Å². The molecule has 0 amide bonds. The van der Waals surface area contributed by atoms with Crippen molar-refractivity contribution in [2.24, 2.45) is 0 Å². The highest BCUT2D eigenvalue weighted by molar-refractivity contribution is 5.71. The van der Waals surface area contributed by atoms with Crippen LogP contribution in [-0.4, -0.2) is 37.2 Å². The van der Waals surface area contributed by atoms with Crippen LogP contribution in [0.2, 0.25) is 0 Å². The molecule has 0 saturated carbocycles. The van der Waals surface area contributed by atoms with Crippen molar-refractivity contribution >= 4 is 17.9 Å². The van der Waals surface area contributed by atoms with Gasteiger partial charge in [-0.15, -0.1) is 0 Å². The molecule has 0 N–H and O–H groups in total. The molecule has 1 atom stereocenters. The van der Waals surface area contributed by atoms with E-state index < -0.39 is 6.10 Å². The third kappa shape index (κ3) is 53.9. The van der Waals surface area contributed by atoms with Crippen LogP contribution in [0.5, 0.6) is 0 Å². The number of allylic oxidation sites excluding steroid dienone is 10. The monoisotopic (exact) mass is 937 g/mol. The van der Waals surface area contributed by atoms with Gasteiger partial charge in [-0.25, -0.2) is 0 Å². The lowest BCUT2D eigenvalue weighted by molar-refractivity contribution is -0.167. The molecule has 388 valence electrons. The minimum Gasteiger partial charge on any atom is -0.462 e. The van der Waals surface area contributed by atoms with Crippen LogP contribution >= 0.6 is 0 Å². The zero-order valence-electron chi connectivity index (χ0n) is 44.4. The van der Waals surface area contributed by atoms with E-state index in [0.717, 1.165) is 89.9 Å². The Morgan fingerprint density at radius 3 is 0.925 bits per heavy atom. The topological polar surface area (TPSA) is 78.9 Å². The van der Waals surface area contributed by atoms with Crippen LogP contribution in [0.4, 0.5) is 0 Å². The maximum atomic E-state index is 12.9. The molecule has 0 aromatic carbocycles. The van der Waals surface area contributed by atoms with Crippen LogP contribution in [0.15, 0.2) is 60.8 Å². The molecule has 0 aromatic rings. The number of rotatable bonds is 52. The summed E-state index contributed by atoms with van der Waals surface area (Å²) in [6.45, 7) is 6.53. The Balaban J connectivity index is 4.35. The summed E-state index contributed by atoms with van der Waals surface area (Å²) in [6, 6.07) is 0. The lowest BCUT2D eigenvalue weighted by atomic mass is 10.1. The van der Waals surface area contributed by atoms with Crippen LogP contribution < -0.4 is 0 Å². The normalized spacial score (nSPS) is 12.5. The lowest BCUT2D eigenvalue weighted by Crippen LogP contribution is -2.30. The summed E-state index contributed by atoms with van der Waals surface area (Å²) in [7, 11) is 0. The molecule has 0 aliphatic rings. The molecular weight excluding hydrogens is 829 g/mol. The van der Waals surface area contributed by atoms with Gasteiger partial charge in [-0.2, -0.15) is 0 Å². The van der Waals surface area contributed by atoms with Gasteiger partial charge in [0, 0.05) is 19.3 Å². The Hall–Kier alpha value is -2.89. The first-order valence-corrected chi connectivity index (χ1v) is 28.8. The van der Waals surface area contributed by atoms with Crippen molar-refractivity contribution in [1.82, 2.24) is 0 Å². The van der Waals surface area contributed by atoms with Crippen molar-refractivity contribution in [3.05, 3.63) is 60.8 Å². The summed E-state index contributed by atoms with van der Waals surface area (Å²) < 4.78 is 16.8. The van der Waals surface area contributed by atoms with Gasteiger partial charge in [0.25, 0.3) is 0 Å². The van der Waals surface area contributed by atoms with E-state index in [1.54, 1.807) is 0 Å². The van der Waals surface area contributed by atoms with Crippen LogP contribution in [0.25, 0.3) is 0 Å². The van der Waals surface area contributed by atoms with Crippen LogP contribution in [0, 0.1) is 0 Å². The van der Waals surface area contributed by atoms with Crippen molar-refractivity contribution < 1.29 is 28.6 Å². The van der Waals surface area contributed by atoms with Crippen molar-refractivity contribution in [2.45, 2.75) is 297 Å². The fourth-order valence-corrected chi connectivity index (χ4v) is 8.19. The number of carbonyl (C=O) groups is 3. The molecule has 0 bridgehead atoms. The van der Waals surface area contributed by atoms with Gasteiger partial charge in [0.1, 0.15) is 13.2 Å². The van der Waals surface area contributed by atoms with Gasteiger partial charge in [0.15, 0.2) is 6.10 Å². The van der Waals surface area contributed by atoms with Gasteiger partial charge < -0.3 is 14.2 Å². The second-order valence-corrected chi connectivity index (χ2v) is 19.2. The molecule has 0 radical (unpaired) electrons. The minimum atomic E-state index is -0.780. The maximum absolute atomic E-state index is 12.9. The number of unbranched alkanes of at least 4 members (excludes halogenated alkanes) is 31. The third-order valence-electron chi connectivity index (χ3n) is 12.5. The Morgan fingerprint density at radius 1 is 0.313 bits per heavy atom. The third-order valence-corrected chi connectivity index (χ3v) is 12.5. The Morgan fingerprint density at radius 2 is 0.582 bits per heavy atom. The molecule has 0 aliphatic heterocycles. The first-order valence-electron chi connectivity index (χ1n) is 28.8. The number of hydrogen-bond acceptors (Lipinski definition) is 6. The molecule has 0 spiro atoms. The molecule has 67 heavy (non-hydrogen) atoms. The van der Waals surface area contributed by atoms with Crippen LogP contribution in [0.1, 0.15) is 290 Å². The molecule has 0 fully saturated rings. The van der Waals surface area contributed by atoms with Gasteiger partial charge >= 0.3 is 17.9 Å². The van der Waals surface area contributed by atoms with Crippen molar-refractivity contribution in [3.63, 3.8) is 0 Å². The van der Waals surface area contributed by atoms with Gasteiger partial charge in [-0.05, 0) is 83.5 Å². The zero-order valence-corrected chi connectivity index (χ0v) is 44.4. The largest absolute Gasteiger partial charge is 0.462 e. The first-order chi connectivity index (χ1) is 33.0. The fourth-order valence-electron chi connectivity index (χ4n) is 8.19. The van der Waals surface area contributed by atoms with Crippen LogP contribution in [-0.2, 0) is 28.6 Å². The van der Waals surface area contributed by atoms with Crippen molar-refractivity contribution in [3.8, 4) is 0 Å². The second kappa shape index (κ2) is 55.7. The predicted octanol–water partition coefficient (Wildman–Crippen LogP) is 19.2. The summed E-state index contributed by atoms with van der Waals surface area (Å²) >= 11 is 0. The molecule has 6 nitrogen and oxygen atoms in total. The fraction of sp³-hybridized carbons (Fsp3) is 0.787. The van der Waals surface area contributed by atoms with E-state index in [9.17, 15) is 14.4 Å². The second-order valence-electron chi connectivity index (χ2n) is 19.2. The van der Waals surface area contributed by atoms with E-state index in [0.29, 0.717) is 19.3 Å². The van der Waals surface area contributed by atoms with E-state index in [-0.39, 0.29) is 31.1 Å². The summed E-state index contributed by atoms with van der Waals surface area (Å²) in [5, 5.41) is 0. The Kier molecular flexibility index (Phi) is 53.3. The number of carbonyl (C=O) groups excluding carboxylic acids is 3. The average Bonchev–Trinajstić information content (AvgIpc) is 3.33. The summed E-state index contributed by atoms with van der Waals surface area (Å²) in [4.78, 5) is 38.1. The Labute approximate surface area is 415 Å². The van der Waals surface area contributed by atoms with E-state index >= 15 is 0 Å². The first kappa shape index (κ1) is 64.1. The van der Waals surface area contributed by atoms with Gasteiger partial charge in [-0.3, -0.25) is 14.4 Å². The van der Waals surface area contributed by atoms with Gasteiger partial charge in [-0.1, -0.05) is 248 Å². The average molecular weight is 938 g/mol. The molecule has 0 heterocycles. The summed E-state index contributed by atoms with van der Waals surface area (Å²) in [5.41, 5.74) is 0. The zero-order chi connectivity index (χ0) is 48.6. The SMILES string of the molecule is CC/C=C\C/C=C\C/C=C\C/C=C\CCCCCCCCC(=O)OCC(COC(=O)CCCCCCCCCCCCC)OC(=O)CCCCCCCCC/C=C\CCCCCCCCCC. The lowest BCUT2D eigenvalue weighted by Gasteiger charge is -2.18. The molecule has 0 saturated heterocycles. The standard InChI is InChI=1S/C61H108O6/c1-4-7-10-13-16-19-22-24-26-28-30-32-34-36-39-42-45-48-51-54-60(63)66-57-58(56-65-59(62)53-50-47-44-41-38-21-18-15-12-9-6-3)67-61(64)55-52-49-46-43-40-37-35-33-31-29-27-25-23-20-17-14-11-8-5-2/h7,10,16,19,24,26,29-32,58H,4-6,8-9,11-15,17-18,20-23,25,27-28,33-57H2,1-3H3/b10-7-,19-16-,26-24-,31-29-,32-30-. The van der Waals surface area contributed by atoms with E-state index in [1.165, 1.54) is 161 Å². The van der Waals surface area contributed by atoms with E-state index in [1.807, 2.05) is 0 Å². The van der Waals surface area contributed by atoms with E-state index in [4.69, 9.17) is 14.2 Å². The molecule has 0 aromatic heterocycles. The molecule has 0 aliphatic carbocycles. The molecule has 6 heteroatoms. The van der Waals surface area contributed by atoms with Crippen LogP contribution in [0.3, 0.4) is 0 Å². The highest BCUT2D eigenvalue weighted by atomic mass is 16.6. The highest BCUT2D eigenvalue weighted by Gasteiger charge is 2.19. The summed E-state index contributed by atoms with van der Waals surface area (Å²) in [5.74, 6) is -0.887. The minimum absolute atomic E-state index is 0.0782. The van der Waals surface area contributed by atoms with Crippen molar-refractivity contribution in [2.75, 3.05) is 13.2 Å². The number of hydrogen-bond donors (Lipinski definition) is 0. The van der Waals surface area contributed by atoms with Gasteiger partial charge in [0.05, 0.1) is 0 Å². The summed E-state index contributed by atoms with van der Waals surface area (Å²) in [6.07, 6.45) is 69.2. The predicted molar refractivity (Wildman–Crippen MR) is 288 cm³/mol. The smallest absolute Gasteiger partial charge is 0.306 e. The van der Waals surface area contributed by atoms with Gasteiger partial charge in [0.2, 0.25) is 0 Å². The molecule has 0 rings (SSSR count). The highest BCUT2D eigenvalue weighted by Crippen LogP contribution is 2.16. The molecule has 1 unspecified atom stereocenters. The van der Waals surface area contributed by atoms with Crippen molar-refractivity contribution in [1.29, 1.82) is 0 Å².